The van der Waals surface area contributed by atoms with Crippen molar-refractivity contribution < 1.29 is 0 Å². The SMILES string of the molecule is CN=C(C)C(=CN)C1=NCCC1. The predicted octanol–water partition coefficient (Wildman–Crippen LogP) is 1.15. The summed E-state index contributed by atoms with van der Waals surface area (Å²) in [4.78, 5) is 8.46. The molecule has 0 saturated heterocycles. The van der Waals surface area contributed by atoms with Crippen LogP contribution in [0, 0.1) is 0 Å². The van der Waals surface area contributed by atoms with Crippen molar-refractivity contribution in [3.63, 3.8) is 0 Å². The van der Waals surface area contributed by atoms with Gasteiger partial charge in [0.25, 0.3) is 0 Å². The van der Waals surface area contributed by atoms with E-state index >= 15 is 0 Å². The summed E-state index contributed by atoms with van der Waals surface area (Å²) in [7, 11) is 1.77. The molecule has 1 heterocycles. The summed E-state index contributed by atoms with van der Waals surface area (Å²) in [5.41, 5.74) is 8.60. The maximum Gasteiger partial charge on any atom is 0.0453 e. The maximum atomic E-state index is 5.51. The first-order valence-electron chi connectivity index (χ1n) is 4.19. The van der Waals surface area contributed by atoms with E-state index in [1.54, 1.807) is 13.2 Å². The van der Waals surface area contributed by atoms with Crippen LogP contribution in [-0.4, -0.2) is 25.0 Å². The molecule has 0 radical (unpaired) electrons. The lowest BCUT2D eigenvalue weighted by Crippen LogP contribution is -2.10. The van der Waals surface area contributed by atoms with E-state index in [-0.39, 0.29) is 0 Å². The first-order valence-corrected chi connectivity index (χ1v) is 4.19. The fourth-order valence-corrected chi connectivity index (χ4v) is 1.31. The molecule has 2 N–H and O–H groups in total. The molecule has 3 heteroatoms. The minimum atomic E-state index is 0.934. The monoisotopic (exact) mass is 165 g/mol. The molecule has 12 heavy (non-hydrogen) atoms. The van der Waals surface area contributed by atoms with Crippen molar-refractivity contribution in [1.29, 1.82) is 0 Å². The second-order valence-corrected chi connectivity index (χ2v) is 2.82. The molecule has 0 saturated carbocycles. The van der Waals surface area contributed by atoms with Crippen molar-refractivity contribution in [3.8, 4) is 0 Å². The minimum Gasteiger partial charge on any atom is -0.404 e. The number of allylic oxidation sites excluding steroid dienone is 1. The summed E-state index contributed by atoms with van der Waals surface area (Å²) in [6.07, 6.45) is 3.78. The summed E-state index contributed by atoms with van der Waals surface area (Å²) >= 11 is 0. The second-order valence-electron chi connectivity index (χ2n) is 2.82. The topological polar surface area (TPSA) is 50.7 Å². The molecule has 1 rings (SSSR count). The first kappa shape index (κ1) is 8.97. The van der Waals surface area contributed by atoms with E-state index < -0.39 is 0 Å². The molecule has 0 bridgehead atoms. The zero-order chi connectivity index (χ0) is 8.97. The molecule has 1 aliphatic heterocycles. The number of hydrogen-bond donors (Lipinski definition) is 1. The van der Waals surface area contributed by atoms with E-state index in [9.17, 15) is 0 Å². The number of nitrogens with zero attached hydrogens (tertiary/aromatic N) is 2. The van der Waals surface area contributed by atoms with Gasteiger partial charge >= 0.3 is 0 Å². The number of rotatable bonds is 2. The minimum absolute atomic E-state index is 0.934. The lowest BCUT2D eigenvalue weighted by Gasteiger charge is -2.04. The highest BCUT2D eigenvalue weighted by Gasteiger charge is 2.12. The van der Waals surface area contributed by atoms with Crippen molar-refractivity contribution in [3.05, 3.63) is 11.8 Å². The summed E-state index contributed by atoms with van der Waals surface area (Å²) < 4.78 is 0. The standard InChI is InChI=1S/C9H15N3/c1-7(11-2)8(6-10)9-4-3-5-12-9/h6H,3-5,10H2,1-2H3. The molecule has 0 aromatic heterocycles. The molecular weight excluding hydrogens is 150 g/mol. The zero-order valence-corrected chi connectivity index (χ0v) is 7.67. The van der Waals surface area contributed by atoms with Gasteiger partial charge in [0.15, 0.2) is 0 Å². The Morgan fingerprint density at radius 3 is 2.83 bits per heavy atom. The van der Waals surface area contributed by atoms with E-state index in [2.05, 4.69) is 9.98 Å². The van der Waals surface area contributed by atoms with Gasteiger partial charge in [0.1, 0.15) is 0 Å². The summed E-state index contributed by atoms with van der Waals surface area (Å²) in [5, 5.41) is 0. The summed E-state index contributed by atoms with van der Waals surface area (Å²) in [6, 6.07) is 0. The van der Waals surface area contributed by atoms with Crippen LogP contribution in [0.15, 0.2) is 21.8 Å². The highest BCUT2D eigenvalue weighted by atomic mass is 14.8. The van der Waals surface area contributed by atoms with E-state index in [1.807, 2.05) is 6.92 Å². The highest BCUT2D eigenvalue weighted by Crippen LogP contribution is 2.12. The van der Waals surface area contributed by atoms with Crippen LogP contribution < -0.4 is 5.73 Å². The lowest BCUT2D eigenvalue weighted by atomic mass is 10.1. The number of hydrogen-bond acceptors (Lipinski definition) is 3. The Morgan fingerprint density at radius 2 is 2.42 bits per heavy atom. The highest BCUT2D eigenvalue weighted by molar-refractivity contribution is 6.23. The van der Waals surface area contributed by atoms with Crippen LogP contribution in [0.2, 0.25) is 0 Å². The molecule has 0 atom stereocenters. The zero-order valence-electron chi connectivity index (χ0n) is 7.67. The van der Waals surface area contributed by atoms with Gasteiger partial charge in [-0.3, -0.25) is 9.98 Å². The van der Waals surface area contributed by atoms with Crippen molar-refractivity contribution in [2.24, 2.45) is 15.7 Å². The Hall–Kier alpha value is -1.12. The Bertz CT molecular complexity index is 248. The van der Waals surface area contributed by atoms with E-state index in [4.69, 9.17) is 5.73 Å². The molecule has 3 nitrogen and oxygen atoms in total. The van der Waals surface area contributed by atoms with Gasteiger partial charge in [0.05, 0.1) is 0 Å². The normalized spacial score (nSPS) is 19.7. The molecule has 0 aromatic carbocycles. The van der Waals surface area contributed by atoms with Gasteiger partial charge in [-0.15, -0.1) is 0 Å². The van der Waals surface area contributed by atoms with Gasteiger partial charge in [0.2, 0.25) is 0 Å². The van der Waals surface area contributed by atoms with Gasteiger partial charge in [-0.25, -0.2) is 0 Å². The number of aliphatic imine (C=N–C) groups is 2. The van der Waals surface area contributed by atoms with Crippen molar-refractivity contribution in [2.45, 2.75) is 19.8 Å². The third-order valence-electron chi connectivity index (χ3n) is 2.08. The van der Waals surface area contributed by atoms with Gasteiger partial charge in [-0.2, -0.15) is 0 Å². The Labute approximate surface area is 73.1 Å². The summed E-state index contributed by atoms with van der Waals surface area (Å²) in [6.45, 7) is 2.89. The molecule has 0 aliphatic carbocycles. The Kier molecular flexibility index (Phi) is 3.02. The third-order valence-corrected chi connectivity index (χ3v) is 2.08. The third kappa shape index (κ3) is 1.72. The second kappa shape index (κ2) is 4.04. The van der Waals surface area contributed by atoms with E-state index in [1.165, 1.54) is 0 Å². The fourth-order valence-electron chi connectivity index (χ4n) is 1.31. The van der Waals surface area contributed by atoms with Crippen LogP contribution >= 0.6 is 0 Å². The molecule has 0 fully saturated rings. The van der Waals surface area contributed by atoms with Crippen molar-refractivity contribution in [1.82, 2.24) is 0 Å². The smallest absolute Gasteiger partial charge is 0.0453 e. The first-order chi connectivity index (χ1) is 5.79. The van der Waals surface area contributed by atoms with Gasteiger partial charge < -0.3 is 5.73 Å². The average Bonchev–Trinajstić information content (AvgIpc) is 2.58. The van der Waals surface area contributed by atoms with Crippen LogP contribution in [0.1, 0.15) is 19.8 Å². The number of nitrogens with two attached hydrogens (primary N) is 1. The molecule has 66 valence electrons. The maximum absolute atomic E-state index is 5.51. The largest absolute Gasteiger partial charge is 0.404 e. The Balaban J connectivity index is 2.83. The van der Waals surface area contributed by atoms with Gasteiger partial charge in [-0.05, 0) is 19.8 Å². The van der Waals surface area contributed by atoms with Crippen molar-refractivity contribution >= 4 is 11.4 Å². The Morgan fingerprint density at radius 1 is 1.67 bits per heavy atom. The quantitative estimate of drug-likeness (QED) is 0.613. The summed E-state index contributed by atoms with van der Waals surface area (Å²) in [5.74, 6) is 0. The van der Waals surface area contributed by atoms with Crippen LogP contribution in [-0.2, 0) is 0 Å². The molecular formula is C9H15N3. The fraction of sp³-hybridized carbons (Fsp3) is 0.556. The van der Waals surface area contributed by atoms with Crippen LogP contribution in [0.4, 0.5) is 0 Å². The lowest BCUT2D eigenvalue weighted by molar-refractivity contribution is 0.951. The predicted molar refractivity (Wildman–Crippen MR) is 52.8 cm³/mol. The molecule has 1 aliphatic rings. The van der Waals surface area contributed by atoms with E-state index in [0.29, 0.717) is 0 Å². The molecule has 0 amide bonds. The van der Waals surface area contributed by atoms with Gasteiger partial charge in [0, 0.05) is 36.8 Å². The van der Waals surface area contributed by atoms with Gasteiger partial charge in [-0.1, -0.05) is 0 Å². The van der Waals surface area contributed by atoms with Crippen molar-refractivity contribution in [2.75, 3.05) is 13.6 Å². The molecule has 0 aromatic rings. The van der Waals surface area contributed by atoms with E-state index in [0.717, 1.165) is 36.4 Å². The molecule has 0 spiro atoms. The van der Waals surface area contributed by atoms with Crippen LogP contribution in [0.25, 0.3) is 0 Å². The van der Waals surface area contributed by atoms with Crippen LogP contribution in [0.5, 0.6) is 0 Å². The molecule has 0 unspecified atom stereocenters. The van der Waals surface area contributed by atoms with Crippen LogP contribution in [0.3, 0.4) is 0 Å². The average molecular weight is 165 g/mol.